The minimum Gasteiger partial charge on any atom is -0.478 e. The first-order chi connectivity index (χ1) is 7.92. The van der Waals surface area contributed by atoms with Crippen molar-refractivity contribution in [2.45, 2.75) is 27.2 Å². The van der Waals surface area contributed by atoms with Crippen molar-refractivity contribution in [3.05, 3.63) is 23.4 Å². The predicted octanol–water partition coefficient (Wildman–Crippen LogP) is 2.55. The van der Waals surface area contributed by atoms with Crippen LogP contribution in [0, 0.1) is 18.3 Å². The summed E-state index contributed by atoms with van der Waals surface area (Å²) in [5, 5.41) is 12.3. The van der Waals surface area contributed by atoms with Crippen LogP contribution in [-0.2, 0) is 0 Å². The molecule has 0 aromatic carbocycles. The van der Waals surface area contributed by atoms with E-state index >= 15 is 0 Å². The average Bonchev–Trinajstić information content (AvgIpc) is 2.83. The number of pyridine rings is 1. The predicted molar refractivity (Wildman–Crippen MR) is 66.3 cm³/mol. The summed E-state index contributed by atoms with van der Waals surface area (Å²) in [4.78, 5) is 15.3. The highest BCUT2D eigenvalue weighted by molar-refractivity contribution is 5.94. The molecule has 1 saturated carbocycles. The molecule has 1 aromatic heterocycles. The minimum atomic E-state index is -0.923. The third-order valence-corrected chi connectivity index (χ3v) is 3.61. The molecule has 0 spiro atoms. The maximum Gasteiger partial charge on any atom is 0.339 e. The number of carbonyl (C=O) groups is 1. The first-order valence-corrected chi connectivity index (χ1v) is 5.84. The van der Waals surface area contributed by atoms with E-state index in [9.17, 15) is 4.79 Å². The summed E-state index contributed by atoms with van der Waals surface area (Å²) < 4.78 is 0. The highest BCUT2D eigenvalue weighted by Gasteiger charge is 2.45. The molecule has 1 aliphatic rings. The van der Waals surface area contributed by atoms with Gasteiger partial charge in [-0.1, -0.05) is 13.8 Å². The maximum absolute atomic E-state index is 11.2. The van der Waals surface area contributed by atoms with E-state index in [-0.39, 0.29) is 5.56 Å². The molecule has 17 heavy (non-hydrogen) atoms. The Morgan fingerprint density at radius 1 is 1.65 bits per heavy atom. The Labute approximate surface area is 101 Å². The number of hydrogen-bond donors (Lipinski definition) is 2. The standard InChI is InChI=1S/C13H18N2O2/c1-8-4-5-14-11(10(8)12(16)17)15-7-9-6-13(9,2)3/h4-5,9H,6-7H2,1-3H3,(H,14,15)(H,16,17). The number of carboxylic acids is 1. The smallest absolute Gasteiger partial charge is 0.339 e. The van der Waals surface area contributed by atoms with Gasteiger partial charge in [0.15, 0.2) is 0 Å². The Morgan fingerprint density at radius 2 is 2.29 bits per heavy atom. The zero-order chi connectivity index (χ0) is 12.6. The first kappa shape index (κ1) is 11.9. The van der Waals surface area contributed by atoms with Gasteiger partial charge in [-0.25, -0.2) is 9.78 Å². The summed E-state index contributed by atoms with van der Waals surface area (Å²) in [6.07, 6.45) is 2.83. The van der Waals surface area contributed by atoms with Crippen molar-refractivity contribution >= 4 is 11.8 Å². The normalized spacial score (nSPS) is 21.0. The first-order valence-electron chi connectivity index (χ1n) is 5.84. The molecule has 0 saturated heterocycles. The fourth-order valence-electron chi connectivity index (χ4n) is 2.11. The molecule has 1 fully saturated rings. The van der Waals surface area contributed by atoms with Crippen LogP contribution in [-0.4, -0.2) is 22.6 Å². The van der Waals surface area contributed by atoms with Gasteiger partial charge in [0.2, 0.25) is 0 Å². The van der Waals surface area contributed by atoms with Gasteiger partial charge in [-0.05, 0) is 36.3 Å². The van der Waals surface area contributed by atoms with Crippen molar-refractivity contribution in [3.63, 3.8) is 0 Å². The lowest BCUT2D eigenvalue weighted by molar-refractivity contribution is 0.0697. The second-order valence-corrected chi connectivity index (χ2v) is 5.43. The van der Waals surface area contributed by atoms with Crippen LogP contribution in [0.1, 0.15) is 36.2 Å². The van der Waals surface area contributed by atoms with Crippen LogP contribution in [0.4, 0.5) is 5.82 Å². The van der Waals surface area contributed by atoms with Crippen molar-refractivity contribution in [2.24, 2.45) is 11.3 Å². The van der Waals surface area contributed by atoms with Crippen LogP contribution in [0.3, 0.4) is 0 Å². The lowest BCUT2D eigenvalue weighted by Gasteiger charge is -2.11. The van der Waals surface area contributed by atoms with Gasteiger partial charge in [0.1, 0.15) is 11.4 Å². The molecule has 0 radical (unpaired) electrons. The number of rotatable bonds is 4. The van der Waals surface area contributed by atoms with E-state index in [1.165, 1.54) is 6.42 Å². The monoisotopic (exact) mass is 234 g/mol. The number of nitrogens with zero attached hydrogens (tertiary/aromatic N) is 1. The zero-order valence-electron chi connectivity index (χ0n) is 10.4. The summed E-state index contributed by atoms with van der Waals surface area (Å²) in [5.74, 6) is 0.180. The van der Waals surface area contributed by atoms with E-state index in [1.54, 1.807) is 19.2 Å². The summed E-state index contributed by atoms with van der Waals surface area (Å²) in [6, 6.07) is 1.72. The largest absolute Gasteiger partial charge is 0.478 e. The van der Waals surface area contributed by atoms with Crippen molar-refractivity contribution in [2.75, 3.05) is 11.9 Å². The van der Waals surface area contributed by atoms with Gasteiger partial charge < -0.3 is 10.4 Å². The molecule has 0 aliphatic heterocycles. The Morgan fingerprint density at radius 3 is 2.82 bits per heavy atom. The number of aryl methyl sites for hydroxylation is 1. The number of carboxylic acid groups (broad SMARTS) is 1. The second kappa shape index (κ2) is 4.02. The molecule has 1 aromatic rings. The van der Waals surface area contributed by atoms with Crippen LogP contribution >= 0.6 is 0 Å². The van der Waals surface area contributed by atoms with E-state index in [1.807, 2.05) is 0 Å². The fraction of sp³-hybridized carbons (Fsp3) is 0.538. The van der Waals surface area contributed by atoms with Crippen LogP contribution in [0.25, 0.3) is 0 Å². The second-order valence-electron chi connectivity index (χ2n) is 5.43. The van der Waals surface area contributed by atoms with E-state index in [0.29, 0.717) is 17.2 Å². The van der Waals surface area contributed by atoms with Crippen LogP contribution in [0.2, 0.25) is 0 Å². The van der Waals surface area contributed by atoms with Crippen LogP contribution < -0.4 is 5.32 Å². The van der Waals surface area contributed by atoms with E-state index in [0.717, 1.165) is 12.1 Å². The van der Waals surface area contributed by atoms with Crippen molar-refractivity contribution in [1.29, 1.82) is 0 Å². The quantitative estimate of drug-likeness (QED) is 0.840. The maximum atomic E-state index is 11.2. The summed E-state index contributed by atoms with van der Waals surface area (Å²) in [5.41, 5.74) is 1.41. The van der Waals surface area contributed by atoms with Gasteiger partial charge in [0, 0.05) is 12.7 Å². The topological polar surface area (TPSA) is 62.2 Å². The summed E-state index contributed by atoms with van der Waals surface area (Å²) in [7, 11) is 0. The average molecular weight is 234 g/mol. The fourth-order valence-corrected chi connectivity index (χ4v) is 2.11. The van der Waals surface area contributed by atoms with Gasteiger partial charge in [-0.15, -0.1) is 0 Å². The zero-order valence-corrected chi connectivity index (χ0v) is 10.4. The molecule has 2 rings (SSSR count). The molecular formula is C13H18N2O2. The van der Waals surface area contributed by atoms with Gasteiger partial charge in [-0.3, -0.25) is 0 Å². The third kappa shape index (κ3) is 2.40. The number of hydrogen-bond acceptors (Lipinski definition) is 3. The van der Waals surface area contributed by atoms with Gasteiger partial charge in [0.05, 0.1) is 0 Å². The summed E-state index contributed by atoms with van der Waals surface area (Å²) in [6.45, 7) is 7.03. The van der Waals surface area contributed by atoms with Crippen LogP contribution in [0.5, 0.6) is 0 Å². The lowest BCUT2D eigenvalue weighted by Crippen LogP contribution is -2.13. The lowest BCUT2D eigenvalue weighted by atomic mass is 10.1. The molecule has 0 amide bonds. The number of aromatic nitrogens is 1. The summed E-state index contributed by atoms with van der Waals surface area (Å²) >= 11 is 0. The van der Waals surface area contributed by atoms with E-state index in [4.69, 9.17) is 5.11 Å². The number of aromatic carboxylic acids is 1. The SMILES string of the molecule is Cc1ccnc(NCC2CC2(C)C)c1C(=O)O. The highest BCUT2D eigenvalue weighted by atomic mass is 16.4. The van der Waals surface area contributed by atoms with E-state index < -0.39 is 5.97 Å². The van der Waals surface area contributed by atoms with Crippen molar-refractivity contribution in [3.8, 4) is 0 Å². The third-order valence-electron chi connectivity index (χ3n) is 3.61. The Kier molecular flexibility index (Phi) is 2.81. The molecule has 4 nitrogen and oxygen atoms in total. The number of nitrogens with one attached hydrogen (secondary N) is 1. The minimum absolute atomic E-state index is 0.283. The Balaban J connectivity index is 2.10. The Hall–Kier alpha value is -1.58. The van der Waals surface area contributed by atoms with Gasteiger partial charge in [0.25, 0.3) is 0 Å². The van der Waals surface area contributed by atoms with Crippen molar-refractivity contribution in [1.82, 2.24) is 4.98 Å². The Bertz CT molecular complexity index is 455. The molecular weight excluding hydrogens is 216 g/mol. The highest BCUT2D eigenvalue weighted by Crippen LogP contribution is 2.51. The molecule has 1 aliphatic carbocycles. The number of anilines is 1. The molecule has 1 unspecified atom stereocenters. The molecule has 92 valence electrons. The molecule has 1 heterocycles. The van der Waals surface area contributed by atoms with Gasteiger partial charge >= 0.3 is 5.97 Å². The molecule has 1 atom stereocenters. The molecule has 2 N–H and O–H groups in total. The molecule has 4 heteroatoms. The van der Waals surface area contributed by atoms with E-state index in [2.05, 4.69) is 24.1 Å². The van der Waals surface area contributed by atoms with Gasteiger partial charge in [-0.2, -0.15) is 0 Å². The van der Waals surface area contributed by atoms with Crippen molar-refractivity contribution < 1.29 is 9.90 Å². The van der Waals surface area contributed by atoms with Crippen LogP contribution in [0.15, 0.2) is 12.3 Å². The molecule has 0 bridgehead atoms.